The molecule has 0 bridgehead atoms. The fraction of sp³-hybridized carbons (Fsp3) is 0.750. The van der Waals surface area contributed by atoms with E-state index in [0.717, 1.165) is 12.3 Å². The highest BCUT2D eigenvalue weighted by Crippen LogP contribution is 2.64. The molecule has 0 N–H and O–H groups in total. The highest BCUT2D eigenvalue weighted by Gasteiger charge is 2.37. The molecular weight excluding hydrogens is 203 g/mol. The van der Waals surface area contributed by atoms with Crippen LogP contribution in [0.15, 0.2) is 0 Å². The third-order valence-electron chi connectivity index (χ3n) is 2.10. The van der Waals surface area contributed by atoms with Crippen LogP contribution in [-0.2, 0) is 4.57 Å². The van der Waals surface area contributed by atoms with Crippen LogP contribution in [0, 0.1) is 18.3 Å². The maximum absolute atomic E-state index is 12.3. The third-order valence-corrected chi connectivity index (χ3v) is 8.30. The maximum atomic E-state index is 12.3. The molecular formula is C8H15N2OPS. The molecule has 0 aromatic carbocycles. The van der Waals surface area contributed by atoms with E-state index in [1.165, 1.54) is 11.4 Å². The van der Waals surface area contributed by atoms with Crippen LogP contribution in [0.25, 0.3) is 0 Å². The van der Waals surface area contributed by atoms with Crippen LogP contribution in [0.5, 0.6) is 0 Å². The lowest BCUT2D eigenvalue weighted by molar-refractivity contribution is 0.406. The zero-order valence-electron chi connectivity index (χ0n) is 8.23. The van der Waals surface area contributed by atoms with Crippen LogP contribution < -0.4 is 0 Å². The van der Waals surface area contributed by atoms with Gasteiger partial charge in [-0.05, 0) is 21.1 Å². The molecule has 5 heteroatoms. The fourth-order valence-electron chi connectivity index (χ4n) is 1.28. The van der Waals surface area contributed by atoms with Crippen molar-refractivity contribution in [1.82, 2.24) is 9.34 Å². The van der Waals surface area contributed by atoms with Crippen molar-refractivity contribution >= 4 is 18.0 Å². The predicted octanol–water partition coefficient (Wildman–Crippen LogP) is 1.58. The van der Waals surface area contributed by atoms with Gasteiger partial charge in [0.25, 0.3) is 6.65 Å². The van der Waals surface area contributed by atoms with Crippen LogP contribution in [0.3, 0.4) is 0 Å². The normalized spacial score (nSPS) is 36.1. The Hall–Kier alpha value is 0.0600. The second-order valence-corrected chi connectivity index (χ2v) is 8.59. The van der Waals surface area contributed by atoms with Crippen molar-refractivity contribution in [1.29, 1.82) is 0 Å². The van der Waals surface area contributed by atoms with Gasteiger partial charge in [-0.15, -0.1) is 12.3 Å². The van der Waals surface area contributed by atoms with E-state index in [0.29, 0.717) is 0 Å². The van der Waals surface area contributed by atoms with Crippen LogP contribution in [-0.4, -0.2) is 42.8 Å². The summed E-state index contributed by atoms with van der Waals surface area (Å²) < 4.78 is 15.9. The van der Waals surface area contributed by atoms with Crippen molar-refractivity contribution in [3.05, 3.63) is 0 Å². The molecule has 0 aromatic heterocycles. The summed E-state index contributed by atoms with van der Waals surface area (Å²) in [6.07, 6.45) is 5.34. The summed E-state index contributed by atoms with van der Waals surface area (Å²) in [4.78, 5) is 0. The molecule has 1 saturated heterocycles. The minimum atomic E-state index is -2.34. The molecule has 1 aliphatic rings. The van der Waals surface area contributed by atoms with Gasteiger partial charge in [-0.25, -0.2) is 9.34 Å². The Morgan fingerprint density at radius 1 is 1.69 bits per heavy atom. The van der Waals surface area contributed by atoms with Crippen LogP contribution in [0.2, 0.25) is 0 Å². The second kappa shape index (κ2) is 4.06. The highest BCUT2D eigenvalue weighted by molar-refractivity contribution is 8.56. The van der Waals surface area contributed by atoms with Crippen molar-refractivity contribution in [2.45, 2.75) is 0 Å². The minimum Gasteiger partial charge on any atom is -0.277 e. The van der Waals surface area contributed by atoms with Gasteiger partial charge in [-0.3, -0.25) is 4.57 Å². The summed E-state index contributed by atoms with van der Waals surface area (Å²) in [6, 6.07) is 0. The molecule has 1 aliphatic heterocycles. The van der Waals surface area contributed by atoms with Crippen LogP contribution >= 0.6 is 18.0 Å². The monoisotopic (exact) mass is 218 g/mol. The Balaban J connectivity index is 2.75. The first-order chi connectivity index (χ1) is 6.00. The van der Waals surface area contributed by atoms with Crippen LogP contribution in [0.4, 0.5) is 0 Å². The smallest absolute Gasteiger partial charge is 0.270 e. The number of hydrogen-bond acceptors (Lipinski definition) is 2. The van der Waals surface area contributed by atoms with Gasteiger partial charge in [0.1, 0.15) is 0 Å². The Labute approximate surface area is 84.1 Å². The summed E-state index contributed by atoms with van der Waals surface area (Å²) >= 11 is 1.48. The zero-order chi connectivity index (χ0) is 10.1. The van der Waals surface area contributed by atoms with E-state index >= 15 is 0 Å². The number of nitrogens with zero attached hydrogens (tertiary/aromatic N) is 2. The average Bonchev–Trinajstić information content (AvgIpc) is 2.09. The summed E-state index contributed by atoms with van der Waals surface area (Å²) in [6.45, 7) is -1.60. The standard InChI is InChI=1S/C8H15N2OPS/c1-5-8-6-10(4)12(11,9(2)3)13-7-8/h1,8H,6-7H2,2-4H3. The van der Waals surface area contributed by atoms with Crippen molar-refractivity contribution in [3.63, 3.8) is 0 Å². The van der Waals surface area contributed by atoms with Gasteiger partial charge in [-0.2, -0.15) is 0 Å². The first kappa shape index (κ1) is 11.1. The topological polar surface area (TPSA) is 23.6 Å². The van der Waals surface area contributed by atoms with E-state index in [-0.39, 0.29) is 5.92 Å². The van der Waals surface area contributed by atoms with E-state index in [9.17, 15) is 4.57 Å². The fourth-order valence-corrected chi connectivity index (χ4v) is 5.91. The summed E-state index contributed by atoms with van der Waals surface area (Å²) in [5, 5.41) is 0. The SMILES string of the molecule is C#CC1CSP(=O)(N(C)C)N(C)C1. The molecule has 0 spiro atoms. The zero-order valence-corrected chi connectivity index (χ0v) is 9.94. The van der Waals surface area contributed by atoms with Crippen molar-refractivity contribution < 1.29 is 4.57 Å². The van der Waals surface area contributed by atoms with Gasteiger partial charge in [0.2, 0.25) is 0 Å². The van der Waals surface area contributed by atoms with Gasteiger partial charge in [0.05, 0.1) is 0 Å². The molecule has 0 amide bonds. The molecule has 0 aliphatic carbocycles. The first-order valence-electron chi connectivity index (χ1n) is 4.11. The lowest BCUT2D eigenvalue weighted by Crippen LogP contribution is -2.32. The van der Waals surface area contributed by atoms with E-state index in [1.54, 1.807) is 4.67 Å². The third kappa shape index (κ3) is 2.11. The summed E-state index contributed by atoms with van der Waals surface area (Å²) in [7, 11) is 5.57. The second-order valence-electron chi connectivity index (χ2n) is 3.34. The van der Waals surface area contributed by atoms with Crippen LogP contribution in [0.1, 0.15) is 0 Å². The largest absolute Gasteiger partial charge is 0.277 e. The molecule has 1 rings (SSSR count). The van der Waals surface area contributed by atoms with E-state index in [2.05, 4.69) is 5.92 Å². The maximum Gasteiger partial charge on any atom is 0.270 e. The summed E-state index contributed by atoms with van der Waals surface area (Å²) in [5.74, 6) is 3.74. The predicted molar refractivity (Wildman–Crippen MR) is 58.7 cm³/mol. The summed E-state index contributed by atoms with van der Waals surface area (Å²) in [5.41, 5.74) is 0. The van der Waals surface area contributed by atoms with Crippen molar-refractivity contribution in [2.24, 2.45) is 5.92 Å². The van der Waals surface area contributed by atoms with E-state index in [4.69, 9.17) is 6.42 Å². The molecule has 74 valence electrons. The molecule has 0 radical (unpaired) electrons. The van der Waals surface area contributed by atoms with Gasteiger partial charge in [0, 0.05) is 18.2 Å². The average molecular weight is 218 g/mol. The lowest BCUT2D eigenvalue weighted by Gasteiger charge is -2.37. The highest BCUT2D eigenvalue weighted by atomic mass is 32.7. The van der Waals surface area contributed by atoms with Crippen molar-refractivity contribution in [3.8, 4) is 12.3 Å². The van der Waals surface area contributed by atoms with Crippen molar-refractivity contribution in [2.75, 3.05) is 33.4 Å². The number of terminal acetylenes is 1. The Kier molecular flexibility index (Phi) is 3.48. The lowest BCUT2D eigenvalue weighted by atomic mass is 10.2. The quantitative estimate of drug-likeness (QED) is 0.492. The molecule has 1 heterocycles. The molecule has 0 aromatic rings. The van der Waals surface area contributed by atoms with Gasteiger partial charge < -0.3 is 0 Å². The molecule has 13 heavy (non-hydrogen) atoms. The molecule has 2 atom stereocenters. The molecule has 0 saturated carbocycles. The molecule has 2 unspecified atom stereocenters. The molecule has 3 nitrogen and oxygen atoms in total. The van der Waals surface area contributed by atoms with Gasteiger partial charge in [0.15, 0.2) is 0 Å². The Morgan fingerprint density at radius 3 is 2.69 bits per heavy atom. The Morgan fingerprint density at radius 2 is 2.31 bits per heavy atom. The molecule has 1 fully saturated rings. The Bertz CT molecular complexity index is 274. The minimum absolute atomic E-state index is 0.233. The number of hydrogen-bond donors (Lipinski definition) is 0. The van der Waals surface area contributed by atoms with Gasteiger partial charge in [-0.1, -0.05) is 11.4 Å². The number of rotatable bonds is 1. The van der Waals surface area contributed by atoms with E-state index in [1.807, 2.05) is 25.8 Å². The first-order valence-corrected chi connectivity index (χ1v) is 7.31. The van der Waals surface area contributed by atoms with E-state index < -0.39 is 6.65 Å². The van der Waals surface area contributed by atoms with Gasteiger partial charge >= 0.3 is 0 Å².